The van der Waals surface area contributed by atoms with Crippen LogP contribution in [-0.2, 0) is 0 Å². The number of amides is 1. The zero-order valence-corrected chi connectivity index (χ0v) is 13.5. The molecule has 0 aliphatic carbocycles. The minimum atomic E-state index is 0.0772. The lowest BCUT2D eigenvalue weighted by Gasteiger charge is -2.29. The van der Waals surface area contributed by atoms with Crippen molar-refractivity contribution >= 4 is 39.3 Å². The Balaban J connectivity index is 1.97. The highest BCUT2D eigenvalue weighted by Crippen LogP contribution is 2.35. The number of carbonyl (C=O) groups is 1. The summed E-state index contributed by atoms with van der Waals surface area (Å²) in [5.41, 5.74) is 2.84. The molecular weight excluding hydrogens is 334 g/mol. The first-order valence-electron chi connectivity index (χ1n) is 6.46. The number of nitrogens with zero attached hydrogens (tertiary/aromatic N) is 1. The maximum atomic E-state index is 12.7. The summed E-state index contributed by atoms with van der Waals surface area (Å²) >= 11 is 5.28. The third-order valence-electron chi connectivity index (χ3n) is 3.38. The van der Waals surface area contributed by atoms with Gasteiger partial charge in [-0.05, 0) is 42.8 Å². The molecule has 0 aromatic heterocycles. The molecule has 1 amide bonds. The molecular formula is C16H14BrNOS. The van der Waals surface area contributed by atoms with Crippen molar-refractivity contribution in [1.29, 1.82) is 0 Å². The highest BCUT2D eigenvalue weighted by molar-refractivity contribution is 9.10. The molecule has 0 bridgehead atoms. The van der Waals surface area contributed by atoms with Crippen LogP contribution in [0.15, 0.2) is 51.8 Å². The lowest BCUT2D eigenvalue weighted by molar-refractivity contribution is 0.0987. The molecule has 20 heavy (non-hydrogen) atoms. The van der Waals surface area contributed by atoms with Gasteiger partial charge in [-0.3, -0.25) is 4.79 Å². The number of aryl methyl sites for hydroxylation is 1. The molecule has 0 fully saturated rings. The van der Waals surface area contributed by atoms with E-state index in [1.807, 2.05) is 60.0 Å². The number of halogens is 1. The topological polar surface area (TPSA) is 20.3 Å². The first kappa shape index (κ1) is 13.7. The fraction of sp³-hybridized carbons (Fsp3) is 0.188. The summed E-state index contributed by atoms with van der Waals surface area (Å²) in [6.07, 6.45) is 0. The van der Waals surface area contributed by atoms with E-state index < -0.39 is 0 Å². The van der Waals surface area contributed by atoms with Gasteiger partial charge in [0.1, 0.15) is 0 Å². The fourth-order valence-electron chi connectivity index (χ4n) is 2.31. The van der Waals surface area contributed by atoms with E-state index in [4.69, 9.17) is 0 Å². The SMILES string of the molecule is Cc1cc(C(=O)N2CCSc3ccccc32)ccc1Br. The predicted octanol–water partition coefficient (Wildman–Crippen LogP) is 4.51. The molecule has 2 nitrogen and oxygen atoms in total. The van der Waals surface area contributed by atoms with Crippen LogP contribution in [0.3, 0.4) is 0 Å². The molecule has 1 aliphatic rings. The minimum absolute atomic E-state index is 0.0772. The third-order valence-corrected chi connectivity index (χ3v) is 5.31. The van der Waals surface area contributed by atoms with Crippen molar-refractivity contribution in [2.75, 3.05) is 17.2 Å². The van der Waals surface area contributed by atoms with Gasteiger partial charge in [-0.2, -0.15) is 0 Å². The average molecular weight is 348 g/mol. The van der Waals surface area contributed by atoms with E-state index in [0.717, 1.165) is 33.6 Å². The first-order valence-corrected chi connectivity index (χ1v) is 8.24. The number of hydrogen-bond acceptors (Lipinski definition) is 2. The molecule has 0 saturated heterocycles. The van der Waals surface area contributed by atoms with Gasteiger partial charge in [0, 0.05) is 27.2 Å². The van der Waals surface area contributed by atoms with E-state index in [-0.39, 0.29) is 5.91 Å². The van der Waals surface area contributed by atoms with Gasteiger partial charge in [-0.15, -0.1) is 11.8 Å². The predicted molar refractivity (Wildman–Crippen MR) is 87.7 cm³/mol. The Kier molecular flexibility index (Phi) is 3.85. The van der Waals surface area contributed by atoms with Gasteiger partial charge in [0.15, 0.2) is 0 Å². The van der Waals surface area contributed by atoms with Crippen LogP contribution in [-0.4, -0.2) is 18.2 Å². The van der Waals surface area contributed by atoms with Crippen molar-refractivity contribution in [3.8, 4) is 0 Å². The summed E-state index contributed by atoms with van der Waals surface area (Å²) in [7, 11) is 0. The molecule has 0 saturated carbocycles. The second-order valence-corrected chi connectivity index (χ2v) is 6.73. The number of carbonyl (C=O) groups excluding carboxylic acids is 1. The van der Waals surface area contributed by atoms with Gasteiger partial charge in [0.2, 0.25) is 0 Å². The number of rotatable bonds is 1. The van der Waals surface area contributed by atoms with Gasteiger partial charge in [0.25, 0.3) is 5.91 Å². The number of fused-ring (bicyclic) bond motifs is 1. The summed E-state index contributed by atoms with van der Waals surface area (Å²) in [5, 5.41) is 0. The molecule has 0 spiro atoms. The lowest BCUT2D eigenvalue weighted by Crippen LogP contribution is -2.35. The molecule has 0 radical (unpaired) electrons. The number of thioether (sulfide) groups is 1. The molecule has 0 N–H and O–H groups in total. The Labute approximate surface area is 131 Å². The Morgan fingerprint density at radius 1 is 1.25 bits per heavy atom. The lowest BCUT2D eigenvalue weighted by atomic mass is 10.1. The molecule has 3 rings (SSSR count). The summed E-state index contributed by atoms with van der Waals surface area (Å²) in [6.45, 7) is 2.76. The molecule has 4 heteroatoms. The molecule has 0 unspecified atom stereocenters. The largest absolute Gasteiger partial charge is 0.306 e. The van der Waals surface area contributed by atoms with E-state index in [2.05, 4.69) is 22.0 Å². The smallest absolute Gasteiger partial charge is 0.258 e. The van der Waals surface area contributed by atoms with Crippen LogP contribution >= 0.6 is 27.7 Å². The molecule has 2 aromatic carbocycles. The Hall–Kier alpha value is -1.26. The molecule has 102 valence electrons. The van der Waals surface area contributed by atoms with Crippen molar-refractivity contribution in [2.45, 2.75) is 11.8 Å². The van der Waals surface area contributed by atoms with Crippen LogP contribution < -0.4 is 4.90 Å². The monoisotopic (exact) mass is 347 g/mol. The van der Waals surface area contributed by atoms with E-state index in [1.54, 1.807) is 0 Å². The van der Waals surface area contributed by atoms with Gasteiger partial charge in [-0.25, -0.2) is 0 Å². The maximum absolute atomic E-state index is 12.7. The van der Waals surface area contributed by atoms with Crippen LogP contribution in [0, 0.1) is 6.92 Å². The summed E-state index contributed by atoms with van der Waals surface area (Å²) < 4.78 is 1.03. The second kappa shape index (κ2) is 5.62. The van der Waals surface area contributed by atoms with Crippen LogP contribution in [0.1, 0.15) is 15.9 Å². The number of benzene rings is 2. The Bertz CT molecular complexity index is 671. The van der Waals surface area contributed by atoms with E-state index in [9.17, 15) is 4.79 Å². The standard InChI is InChI=1S/C16H14BrNOS/c1-11-10-12(6-7-13(11)17)16(19)18-8-9-20-15-5-3-2-4-14(15)18/h2-7,10H,8-9H2,1H3. The molecule has 2 aromatic rings. The second-order valence-electron chi connectivity index (χ2n) is 4.74. The van der Waals surface area contributed by atoms with Crippen molar-refractivity contribution in [3.05, 3.63) is 58.1 Å². The van der Waals surface area contributed by atoms with Gasteiger partial charge in [0.05, 0.1) is 5.69 Å². The zero-order valence-electron chi connectivity index (χ0n) is 11.1. The van der Waals surface area contributed by atoms with Crippen LogP contribution in [0.2, 0.25) is 0 Å². The summed E-state index contributed by atoms with van der Waals surface area (Å²) in [6, 6.07) is 13.9. The van der Waals surface area contributed by atoms with Gasteiger partial charge >= 0.3 is 0 Å². The number of anilines is 1. The highest BCUT2D eigenvalue weighted by atomic mass is 79.9. The van der Waals surface area contributed by atoms with E-state index >= 15 is 0 Å². The Morgan fingerprint density at radius 3 is 2.85 bits per heavy atom. The van der Waals surface area contributed by atoms with Crippen LogP contribution in [0.25, 0.3) is 0 Å². The van der Waals surface area contributed by atoms with Gasteiger partial charge < -0.3 is 4.90 Å². The van der Waals surface area contributed by atoms with Gasteiger partial charge in [-0.1, -0.05) is 28.1 Å². The van der Waals surface area contributed by atoms with Crippen molar-refractivity contribution in [2.24, 2.45) is 0 Å². The molecule has 1 heterocycles. The van der Waals surface area contributed by atoms with Crippen molar-refractivity contribution < 1.29 is 4.79 Å². The maximum Gasteiger partial charge on any atom is 0.258 e. The first-order chi connectivity index (χ1) is 9.66. The fourth-order valence-corrected chi connectivity index (χ4v) is 3.56. The van der Waals surface area contributed by atoms with Crippen molar-refractivity contribution in [3.63, 3.8) is 0 Å². The molecule has 0 atom stereocenters. The van der Waals surface area contributed by atoms with E-state index in [0.29, 0.717) is 0 Å². The summed E-state index contributed by atoms with van der Waals surface area (Å²) in [5.74, 6) is 1.02. The Morgan fingerprint density at radius 2 is 2.05 bits per heavy atom. The number of hydrogen-bond donors (Lipinski definition) is 0. The van der Waals surface area contributed by atoms with Crippen molar-refractivity contribution in [1.82, 2.24) is 0 Å². The molecule has 1 aliphatic heterocycles. The minimum Gasteiger partial charge on any atom is -0.306 e. The summed E-state index contributed by atoms with van der Waals surface area (Å²) in [4.78, 5) is 15.8. The van der Waals surface area contributed by atoms with E-state index in [1.165, 1.54) is 4.90 Å². The van der Waals surface area contributed by atoms with Crippen LogP contribution in [0.4, 0.5) is 5.69 Å². The van der Waals surface area contributed by atoms with Crippen LogP contribution in [0.5, 0.6) is 0 Å². The normalized spacial score (nSPS) is 14.0. The zero-order chi connectivity index (χ0) is 14.1. The highest BCUT2D eigenvalue weighted by Gasteiger charge is 2.23. The average Bonchev–Trinajstić information content (AvgIpc) is 2.49. The quantitative estimate of drug-likeness (QED) is 0.756. The number of para-hydroxylation sites is 1. The third kappa shape index (κ3) is 2.50.